The first-order valence-electron chi connectivity index (χ1n) is 10.7. The van der Waals surface area contributed by atoms with Crippen LogP contribution in [0.25, 0.3) is 10.9 Å². The fraction of sp³-hybridized carbons (Fsp3) is 0.400. The molecule has 150 valence electrons. The van der Waals surface area contributed by atoms with Gasteiger partial charge in [-0.1, -0.05) is 24.6 Å². The summed E-state index contributed by atoms with van der Waals surface area (Å²) in [5, 5.41) is 1.01. The molecule has 0 unspecified atom stereocenters. The van der Waals surface area contributed by atoms with Crippen LogP contribution in [0.2, 0.25) is 0 Å². The summed E-state index contributed by atoms with van der Waals surface area (Å²) < 4.78 is 11.8. The van der Waals surface area contributed by atoms with Gasteiger partial charge in [-0.15, -0.1) is 0 Å². The van der Waals surface area contributed by atoms with Crippen molar-refractivity contribution in [3.05, 3.63) is 59.2 Å². The van der Waals surface area contributed by atoms with E-state index >= 15 is 0 Å². The average Bonchev–Trinajstić information content (AvgIpc) is 2.89. The lowest BCUT2D eigenvalue weighted by atomic mass is 9.91. The van der Waals surface area contributed by atoms with Gasteiger partial charge in [0, 0.05) is 30.6 Å². The Morgan fingerprint density at radius 1 is 1.00 bits per heavy atom. The summed E-state index contributed by atoms with van der Waals surface area (Å²) >= 11 is 0. The zero-order valence-corrected chi connectivity index (χ0v) is 17.3. The predicted octanol–water partition coefficient (Wildman–Crippen LogP) is 5.30. The normalized spacial score (nSPS) is 17.4. The molecule has 2 aromatic carbocycles. The molecule has 0 spiro atoms. The average molecular weight is 389 g/mol. The van der Waals surface area contributed by atoms with Crippen LogP contribution in [0.5, 0.6) is 17.4 Å². The molecule has 1 fully saturated rings. The minimum atomic E-state index is 0.577. The van der Waals surface area contributed by atoms with E-state index in [1.165, 1.54) is 36.9 Å². The molecular weight excluding hydrogens is 360 g/mol. The van der Waals surface area contributed by atoms with Crippen LogP contribution in [-0.4, -0.2) is 36.1 Å². The summed E-state index contributed by atoms with van der Waals surface area (Å²) in [5.41, 5.74) is 4.91. The summed E-state index contributed by atoms with van der Waals surface area (Å²) in [4.78, 5) is 7.44. The summed E-state index contributed by atoms with van der Waals surface area (Å²) in [6.07, 6.45) is 6.37. The second-order valence-corrected chi connectivity index (χ2v) is 8.29. The van der Waals surface area contributed by atoms with Gasteiger partial charge in [0.15, 0.2) is 0 Å². The highest BCUT2D eigenvalue weighted by molar-refractivity contribution is 5.88. The van der Waals surface area contributed by atoms with Crippen LogP contribution in [0, 0.1) is 6.92 Å². The minimum Gasteiger partial charge on any atom is -0.496 e. The monoisotopic (exact) mass is 388 g/mol. The van der Waals surface area contributed by atoms with Crippen molar-refractivity contribution >= 4 is 10.9 Å². The first-order valence-corrected chi connectivity index (χ1v) is 10.7. The molecule has 1 aromatic heterocycles. The van der Waals surface area contributed by atoms with Crippen molar-refractivity contribution in [2.75, 3.05) is 20.2 Å². The smallest absolute Gasteiger partial charge is 0.223 e. The van der Waals surface area contributed by atoms with Crippen LogP contribution in [0.1, 0.15) is 36.0 Å². The van der Waals surface area contributed by atoms with Gasteiger partial charge in [-0.2, -0.15) is 0 Å². The molecule has 1 aliphatic carbocycles. The predicted molar refractivity (Wildman–Crippen MR) is 116 cm³/mol. The number of nitrogens with zero attached hydrogens (tertiary/aromatic N) is 2. The van der Waals surface area contributed by atoms with Crippen molar-refractivity contribution in [2.45, 2.75) is 45.1 Å². The summed E-state index contributed by atoms with van der Waals surface area (Å²) in [5.74, 6) is 2.22. The lowest BCUT2D eigenvalue weighted by Crippen LogP contribution is -2.41. The quantitative estimate of drug-likeness (QED) is 0.608. The molecule has 0 atom stereocenters. The van der Waals surface area contributed by atoms with Crippen molar-refractivity contribution in [3.63, 3.8) is 0 Å². The van der Waals surface area contributed by atoms with E-state index in [1.54, 1.807) is 7.11 Å². The summed E-state index contributed by atoms with van der Waals surface area (Å²) in [7, 11) is 1.69. The van der Waals surface area contributed by atoms with Gasteiger partial charge in [0.05, 0.1) is 12.6 Å². The molecule has 0 amide bonds. The molecule has 3 aromatic rings. The molecule has 0 radical (unpaired) electrons. The lowest BCUT2D eigenvalue weighted by Gasteiger charge is -2.36. The van der Waals surface area contributed by atoms with Crippen LogP contribution < -0.4 is 9.47 Å². The highest BCUT2D eigenvalue weighted by atomic mass is 16.5. The van der Waals surface area contributed by atoms with E-state index < -0.39 is 0 Å². The highest BCUT2D eigenvalue weighted by Crippen LogP contribution is 2.33. The molecular formula is C25H28N2O2. The molecule has 1 aliphatic heterocycles. The number of benzene rings is 2. The molecule has 29 heavy (non-hydrogen) atoms. The number of fused-ring (bicyclic) bond motifs is 2. The molecule has 4 nitrogen and oxygen atoms in total. The second kappa shape index (κ2) is 7.68. The largest absolute Gasteiger partial charge is 0.496 e. The zero-order valence-electron chi connectivity index (χ0n) is 17.3. The first-order chi connectivity index (χ1) is 14.2. The standard InChI is InChI=1S/C25H28N2O2/c1-17-5-3-8-22-23(28-2)16-24(26-25(17)22)29-21-10-9-18-11-13-27(20-6-4-7-20)14-12-19(18)15-21/h3,5,8-10,15-16,20H,4,6-7,11-14H2,1-2H3. The van der Waals surface area contributed by atoms with Gasteiger partial charge >= 0.3 is 0 Å². The Morgan fingerprint density at radius 3 is 2.59 bits per heavy atom. The third kappa shape index (κ3) is 3.58. The fourth-order valence-corrected chi connectivity index (χ4v) is 4.58. The zero-order chi connectivity index (χ0) is 19.8. The molecule has 4 heteroatoms. The van der Waals surface area contributed by atoms with Crippen LogP contribution in [0.4, 0.5) is 0 Å². The second-order valence-electron chi connectivity index (χ2n) is 8.29. The fourth-order valence-electron chi connectivity index (χ4n) is 4.58. The molecule has 1 saturated carbocycles. The maximum atomic E-state index is 6.19. The number of ether oxygens (including phenoxy) is 2. The van der Waals surface area contributed by atoms with Crippen molar-refractivity contribution in [2.24, 2.45) is 0 Å². The van der Waals surface area contributed by atoms with E-state index in [2.05, 4.69) is 36.1 Å². The van der Waals surface area contributed by atoms with Gasteiger partial charge in [0.2, 0.25) is 5.88 Å². The number of para-hydroxylation sites is 1. The Balaban J connectivity index is 1.40. The van der Waals surface area contributed by atoms with Crippen LogP contribution >= 0.6 is 0 Å². The van der Waals surface area contributed by atoms with Gasteiger partial charge in [-0.25, -0.2) is 4.98 Å². The number of pyridine rings is 1. The molecule has 0 bridgehead atoms. The summed E-state index contributed by atoms with van der Waals surface area (Å²) in [6, 6.07) is 15.3. The number of hydrogen-bond donors (Lipinski definition) is 0. The van der Waals surface area contributed by atoms with Gasteiger partial charge in [0.25, 0.3) is 0 Å². The first kappa shape index (κ1) is 18.4. The minimum absolute atomic E-state index is 0.577. The molecule has 0 N–H and O–H groups in total. The number of rotatable bonds is 4. The third-order valence-electron chi connectivity index (χ3n) is 6.53. The van der Waals surface area contributed by atoms with Crippen LogP contribution in [0.3, 0.4) is 0 Å². The van der Waals surface area contributed by atoms with Crippen LogP contribution in [-0.2, 0) is 12.8 Å². The SMILES string of the molecule is COc1cc(Oc2ccc3c(c2)CCN(C2CCC2)CC3)nc2c(C)cccc12. The van der Waals surface area contributed by atoms with Crippen molar-refractivity contribution < 1.29 is 9.47 Å². The van der Waals surface area contributed by atoms with Gasteiger partial charge < -0.3 is 9.47 Å². The van der Waals surface area contributed by atoms with E-state index in [0.29, 0.717) is 5.88 Å². The van der Waals surface area contributed by atoms with Gasteiger partial charge in [-0.3, -0.25) is 4.90 Å². The number of hydrogen-bond acceptors (Lipinski definition) is 4. The molecule has 5 rings (SSSR count). The Bertz CT molecular complexity index is 1040. The Kier molecular flexibility index (Phi) is 4.88. The Morgan fingerprint density at radius 2 is 1.83 bits per heavy atom. The lowest BCUT2D eigenvalue weighted by molar-refractivity contribution is 0.133. The van der Waals surface area contributed by atoms with Gasteiger partial charge in [-0.05, 0) is 67.5 Å². The van der Waals surface area contributed by atoms with Gasteiger partial charge in [0.1, 0.15) is 11.5 Å². The molecule has 2 heterocycles. The molecule has 0 saturated heterocycles. The van der Waals surface area contributed by atoms with Crippen molar-refractivity contribution in [3.8, 4) is 17.4 Å². The van der Waals surface area contributed by atoms with E-state index in [4.69, 9.17) is 14.5 Å². The topological polar surface area (TPSA) is 34.6 Å². The Labute approximate surface area is 172 Å². The van der Waals surface area contributed by atoms with E-state index in [0.717, 1.165) is 53.4 Å². The highest BCUT2D eigenvalue weighted by Gasteiger charge is 2.26. The van der Waals surface area contributed by atoms with E-state index in [1.807, 2.05) is 18.2 Å². The number of aryl methyl sites for hydroxylation is 1. The molecule has 2 aliphatic rings. The summed E-state index contributed by atoms with van der Waals surface area (Å²) in [6.45, 7) is 4.40. The van der Waals surface area contributed by atoms with E-state index in [9.17, 15) is 0 Å². The Hall–Kier alpha value is -2.59. The van der Waals surface area contributed by atoms with E-state index in [-0.39, 0.29) is 0 Å². The number of aromatic nitrogens is 1. The van der Waals surface area contributed by atoms with Crippen molar-refractivity contribution in [1.29, 1.82) is 0 Å². The third-order valence-corrected chi connectivity index (χ3v) is 6.53. The van der Waals surface area contributed by atoms with Crippen molar-refractivity contribution in [1.82, 2.24) is 9.88 Å². The number of methoxy groups -OCH3 is 1. The van der Waals surface area contributed by atoms with Crippen LogP contribution in [0.15, 0.2) is 42.5 Å². The maximum Gasteiger partial charge on any atom is 0.223 e. The maximum absolute atomic E-state index is 6.19.